The Morgan fingerprint density at radius 2 is 1.76 bits per heavy atom. The van der Waals surface area contributed by atoms with Crippen LogP contribution >= 0.6 is 0 Å². The van der Waals surface area contributed by atoms with E-state index in [1.807, 2.05) is 36.7 Å². The Labute approximate surface area is 147 Å². The molecule has 2 aromatic heterocycles. The average molecular weight is 338 g/mol. The topological polar surface area (TPSA) is 51.9 Å². The average Bonchev–Trinajstić information content (AvgIpc) is 3.16. The standard InChI is InChI=1S/C19H22N4O2/c1-24-16-7-6-14(12-17(16)25-2)15-13-18-20-8-11-23(18)19(21-15)22-9-4-3-5-10-22/h6-8,11-13H,3-5,9-10H2,1-2H3. The molecule has 6 heteroatoms. The largest absolute Gasteiger partial charge is 0.493 e. The van der Waals surface area contributed by atoms with Crippen LogP contribution in [-0.4, -0.2) is 41.7 Å². The van der Waals surface area contributed by atoms with Gasteiger partial charge in [-0.05, 0) is 37.5 Å². The third-order valence-electron chi connectivity index (χ3n) is 4.69. The van der Waals surface area contributed by atoms with Crippen LogP contribution in [0.5, 0.6) is 11.5 Å². The first-order chi connectivity index (χ1) is 12.3. The SMILES string of the molecule is COc1ccc(-c2cc3nccn3c(N3CCCCC3)n2)cc1OC. The van der Waals surface area contributed by atoms with E-state index in [2.05, 4.69) is 14.3 Å². The molecule has 0 amide bonds. The van der Waals surface area contributed by atoms with Gasteiger partial charge in [0, 0.05) is 37.1 Å². The fourth-order valence-corrected chi connectivity index (χ4v) is 3.37. The second kappa shape index (κ2) is 6.63. The molecular weight excluding hydrogens is 316 g/mol. The minimum atomic E-state index is 0.699. The first-order valence-corrected chi connectivity index (χ1v) is 8.61. The molecule has 3 heterocycles. The summed E-state index contributed by atoms with van der Waals surface area (Å²) in [6.07, 6.45) is 7.50. The third-order valence-corrected chi connectivity index (χ3v) is 4.69. The molecule has 0 unspecified atom stereocenters. The number of rotatable bonds is 4. The Morgan fingerprint density at radius 1 is 0.960 bits per heavy atom. The van der Waals surface area contributed by atoms with Gasteiger partial charge in [-0.1, -0.05) is 0 Å². The molecule has 0 bridgehead atoms. The molecule has 25 heavy (non-hydrogen) atoms. The van der Waals surface area contributed by atoms with Gasteiger partial charge in [0.2, 0.25) is 5.95 Å². The van der Waals surface area contributed by atoms with Gasteiger partial charge in [-0.25, -0.2) is 9.97 Å². The molecule has 1 aliphatic rings. The Bertz CT molecular complexity index is 884. The van der Waals surface area contributed by atoms with Gasteiger partial charge in [0.05, 0.1) is 19.9 Å². The number of ether oxygens (including phenoxy) is 2. The van der Waals surface area contributed by atoms with Crippen LogP contribution in [0.15, 0.2) is 36.7 Å². The molecule has 6 nitrogen and oxygen atoms in total. The molecule has 3 aromatic rings. The van der Waals surface area contributed by atoms with Crippen molar-refractivity contribution in [1.82, 2.24) is 14.4 Å². The van der Waals surface area contributed by atoms with E-state index in [0.717, 1.165) is 35.9 Å². The lowest BCUT2D eigenvalue weighted by Crippen LogP contribution is -2.31. The molecule has 1 aliphatic heterocycles. The van der Waals surface area contributed by atoms with E-state index in [0.29, 0.717) is 11.5 Å². The molecular formula is C19H22N4O2. The van der Waals surface area contributed by atoms with Crippen molar-refractivity contribution in [3.8, 4) is 22.8 Å². The van der Waals surface area contributed by atoms with Crippen LogP contribution in [0.25, 0.3) is 16.9 Å². The zero-order valence-corrected chi connectivity index (χ0v) is 14.6. The van der Waals surface area contributed by atoms with Crippen molar-refractivity contribution in [3.05, 3.63) is 36.7 Å². The van der Waals surface area contributed by atoms with Crippen LogP contribution in [0.2, 0.25) is 0 Å². The Kier molecular flexibility index (Phi) is 4.17. The molecule has 4 rings (SSSR count). The number of anilines is 1. The summed E-state index contributed by atoms with van der Waals surface area (Å²) in [5.74, 6) is 2.37. The monoisotopic (exact) mass is 338 g/mol. The first kappa shape index (κ1) is 15.7. The zero-order valence-electron chi connectivity index (χ0n) is 14.6. The number of benzene rings is 1. The number of piperidine rings is 1. The zero-order chi connectivity index (χ0) is 17.2. The summed E-state index contributed by atoms with van der Waals surface area (Å²) in [6, 6.07) is 7.88. The van der Waals surface area contributed by atoms with Gasteiger partial charge in [0.15, 0.2) is 11.5 Å². The normalized spacial score (nSPS) is 14.7. The molecule has 1 fully saturated rings. The van der Waals surface area contributed by atoms with Gasteiger partial charge in [-0.3, -0.25) is 4.40 Å². The lowest BCUT2D eigenvalue weighted by atomic mass is 10.1. The number of hydrogen-bond acceptors (Lipinski definition) is 5. The van der Waals surface area contributed by atoms with Crippen LogP contribution < -0.4 is 14.4 Å². The summed E-state index contributed by atoms with van der Waals surface area (Å²) in [4.78, 5) is 11.8. The third kappa shape index (κ3) is 2.88. The van der Waals surface area contributed by atoms with Crippen molar-refractivity contribution in [2.75, 3.05) is 32.2 Å². The van der Waals surface area contributed by atoms with Crippen molar-refractivity contribution in [2.24, 2.45) is 0 Å². The number of imidazole rings is 1. The second-order valence-corrected chi connectivity index (χ2v) is 6.21. The van der Waals surface area contributed by atoms with Crippen LogP contribution in [-0.2, 0) is 0 Å². The van der Waals surface area contributed by atoms with Crippen molar-refractivity contribution < 1.29 is 9.47 Å². The molecule has 1 saturated heterocycles. The van der Waals surface area contributed by atoms with Gasteiger partial charge in [0.1, 0.15) is 5.65 Å². The molecule has 0 aliphatic carbocycles. The summed E-state index contributed by atoms with van der Waals surface area (Å²) in [6.45, 7) is 2.07. The van der Waals surface area contributed by atoms with E-state index >= 15 is 0 Å². The highest BCUT2D eigenvalue weighted by atomic mass is 16.5. The predicted molar refractivity (Wildman–Crippen MR) is 97.6 cm³/mol. The van der Waals surface area contributed by atoms with Crippen molar-refractivity contribution >= 4 is 11.6 Å². The molecule has 0 atom stereocenters. The van der Waals surface area contributed by atoms with E-state index in [4.69, 9.17) is 14.5 Å². The second-order valence-electron chi connectivity index (χ2n) is 6.21. The number of aromatic nitrogens is 3. The first-order valence-electron chi connectivity index (χ1n) is 8.61. The van der Waals surface area contributed by atoms with E-state index in [1.165, 1.54) is 19.3 Å². The highest BCUT2D eigenvalue weighted by Gasteiger charge is 2.18. The molecule has 0 saturated carbocycles. The summed E-state index contributed by atoms with van der Waals surface area (Å²) >= 11 is 0. The maximum atomic E-state index is 5.43. The summed E-state index contributed by atoms with van der Waals surface area (Å²) in [5.41, 5.74) is 2.78. The minimum Gasteiger partial charge on any atom is -0.493 e. The highest BCUT2D eigenvalue weighted by molar-refractivity contribution is 5.69. The Hall–Kier alpha value is -2.76. The van der Waals surface area contributed by atoms with E-state index in [1.54, 1.807) is 14.2 Å². The van der Waals surface area contributed by atoms with Crippen molar-refractivity contribution in [2.45, 2.75) is 19.3 Å². The molecule has 0 N–H and O–H groups in total. The van der Waals surface area contributed by atoms with Crippen LogP contribution in [0.1, 0.15) is 19.3 Å². The molecule has 0 radical (unpaired) electrons. The Morgan fingerprint density at radius 3 is 2.52 bits per heavy atom. The van der Waals surface area contributed by atoms with Gasteiger partial charge >= 0.3 is 0 Å². The minimum absolute atomic E-state index is 0.699. The number of fused-ring (bicyclic) bond motifs is 1. The molecule has 130 valence electrons. The lowest BCUT2D eigenvalue weighted by molar-refractivity contribution is 0.355. The number of methoxy groups -OCH3 is 2. The summed E-state index contributed by atoms with van der Waals surface area (Å²) in [5, 5.41) is 0. The van der Waals surface area contributed by atoms with Gasteiger partial charge in [-0.2, -0.15) is 0 Å². The van der Waals surface area contributed by atoms with Crippen LogP contribution in [0.3, 0.4) is 0 Å². The predicted octanol–water partition coefficient (Wildman–Crippen LogP) is 3.40. The van der Waals surface area contributed by atoms with Gasteiger partial charge in [0.25, 0.3) is 0 Å². The summed E-state index contributed by atoms with van der Waals surface area (Å²) < 4.78 is 12.8. The molecule has 1 aromatic carbocycles. The van der Waals surface area contributed by atoms with Gasteiger partial charge in [-0.15, -0.1) is 0 Å². The van der Waals surface area contributed by atoms with Crippen LogP contribution in [0.4, 0.5) is 5.95 Å². The maximum Gasteiger partial charge on any atom is 0.211 e. The highest BCUT2D eigenvalue weighted by Crippen LogP contribution is 2.33. The fraction of sp³-hybridized carbons (Fsp3) is 0.368. The quantitative estimate of drug-likeness (QED) is 0.730. The fourth-order valence-electron chi connectivity index (χ4n) is 3.37. The van der Waals surface area contributed by atoms with E-state index in [9.17, 15) is 0 Å². The van der Waals surface area contributed by atoms with Crippen molar-refractivity contribution in [3.63, 3.8) is 0 Å². The Balaban J connectivity index is 1.82. The maximum absolute atomic E-state index is 5.43. The summed E-state index contributed by atoms with van der Waals surface area (Å²) in [7, 11) is 3.28. The lowest BCUT2D eigenvalue weighted by Gasteiger charge is -2.28. The smallest absolute Gasteiger partial charge is 0.211 e. The van der Waals surface area contributed by atoms with Crippen molar-refractivity contribution in [1.29, 1.82) is 0 Å². The molecule has 0 spiro atoms. The van der Waals surface area contributed by atoms with E-state index in [-0.39, 0.29) is 0 Å². The number of nitrogens with zero attached hydrogens (tertiary/aromatic N) is 4. The number of hydrogen-bond donors (Lipinski definition) is 0. The van der Waals surface area contributed by atoms with Crippen LogP contribution in [0, 0.1) is 0 Å². The van der Waals surface area contributed by atoms with E-state index < -0.39 is 0 Å². The van der Waals surface area contributed by atoms with Gasteiger partial charge < -0.3 is 14.4 Å².